The molecule has 5 nitrogen and oxygen atoms in total. The lowest BCUT2D eigenvalue weighted by molar-refractivity contribution is -0.138. The summed E-state index contributed by atoms with van der Waals surface area (Å²) in [6.45, 7) is 2.11. The fraction of sp³-hybridized carbons (Fsp3) is 0.500. The summed E-state index contributed by atoms with van der Waals surface area (Å²) in [7, 11) is 0. The smallest absolute Gasteiger partial charge is 0.320 e. The molecule has 1 saturated heterocycles. The molecule has 1 aliphatic rings. The van der Waals surface area contributed by atoms with E-state index in [9.17, 15) is 4.79 Å². The van der Waals surface area contributed by atoms with Crippen molar-refractivity contribution in [1.82, 2.24) is 4.98 Å². The molecular weight excluding hydrogens is 218 g/mol. The second-order valence-corrected chi connectivity index (χ2v) is 4.37. The zero-order valence-corrected chi connectivity index (χ0v) is 9.67. The Morgan fingerprint density at radius 1 is 1.47 bits per heavy atom. The standard InChI is InChI=1S/C12H17N3O2/c13-10(12(16)17)7-9-3-4-11(14-8-9)15-5-1-2-6-15/h3-4,8,10H,1-2,5-7,13H2,(H,16,17). The number of aromatic nitrogens is 1. The highest BCUT2D eigenvalue weighted by Gasteiger charge is 2.15. The number of carbonyl (C=O) groups is 1. The first-order valence-electron chi connectivity index (χ1n) is 5.85. The van der Waals surface area contributed by atoms with Gasteiger partial charge in [0.05, 0.1) is 0 Å². The lowest BCUT2D eigenvalue weighted by Crippen LogP contribution is -2.32. The normalized spacial score (nSPS) is 17.1. The number of nitrogens with zero attached hydrogens (tertiary/aromatic N) is 2. The van der Waals surface area contributed by atoms with Crippen LogP contribution in [0.2, 0.25) is 0 Å². The SMILES string of the molecule is NC(Cc1ccc(N2CCCC2)nc1)C(=O)O. The Morgan fingerprint density at radius 3 is 2.71 bits per heavy atom. The lowest BCUT2D eigenvalue weighted by Gasteiger charge is -2.16. The Kier molecular flexibility index (Phi) is 3.58. The monoisotopic (exact) mass is 235 g/mol. The van der Waals surface area contributed by atoms with E-state index in [1.54, 1.807) is 6.20 Å². The fourth-order valence-electron chi connectivity index (χ4n) is 2.01. The van der Waals surface area contributed by atoms with E-state index in [-0.39, 0.29) is 0 Å². The first kappa shape index (κ1) is 11.9. The van der Waals surface area contributed by atoms with Crippen molar-refractivity contribution in [1.29, 1.82) is 0 Å². The summed E-state index contributed by atoms with van der Waals surface area (Å²) in [4.78, 5) is 17.2. The third kappa shape index (κ3) is 2.94. The number of carboxylic acid groups (broad SMARTS) is 1. The molecule has 17 heavy (non-hydrogen) atoms. The zero-order valence-electron chi connectivity index (χ0n) is 9.67. The van der Waals surface area contributed by atoms with Crippen LogP contribution in [0.25, 0.3) is 0 Å². The van der Waals surface area contributed by atoms with Crippen molar-refractivity contribution in [3.05, 3.63) is 23.9 Å². The number of carboxylic acids is 1. The molecular formula is C12H17N3O2. The van der Waals surface area contributed by atoms with Crippen molar-refractivity contribution in [3.8, 4) is 0 Å². The van der Waals surface area contributed by atoms with E-state index in [4.69, 9.17) is 10.8 Å². The lowest BCUT2D eigenvalue weighted by atomic mass is 10.1. The number of nitrogens with two attached hydrogens (primary N) is 1. The Morgan fingerprint density at radius 2 is 2.18 bits per heavy atom. The summed E-state index contributed by atoms with van der Waals surface area (Å²) in [5, 5.41) is 8.72. The molecule has 2 heterocycles. The molecule has 0 aromatic carbocycles. The Hall–Kier alpha value is -1.62. The molecule has 1 aromatic rings. The number of aliphatic carboxylic acids is 1. The molecule has 0 spiro atoms. The predicted molar refractivity (Wildman–Crippen MR) is 65.0 cm³/mol. The highest BCUT2D eigenvalue weighted by molar-refractivity contribution is 5.73. The number of pyridine rings is 1. The highest BCUT2D eigenvalue weighted by atomic mass is 16.4. The largest absolute Gasteiger partial charge is 0.480 e. The minimum Gasteiger partial charge on any atom is -0.480 e. The molecule has 5 heteroatoms. The van der Waals surface area contributed by atoms with Crippen LogP contribution in [0, 0.1) is 0 Å². The van der Waals surface area contributed by atoms with Crippen LogP contribution in [-0.4, -0.2) is 35.2 Å². The summed E-state index contributed by atoms with van der Waals surface area (Å²) < 4.78 is 0. The van der Waals surface area contributed by atoms with Crippen molar-refractivity contribution in [3.63, 3.8) is 0 Å². The molecule has 0 aliphatic carbocycles. The van der Waals surface area contributed by atoms with Crippen LogP contribution in [-0.2, 0) is 11.2 Å². The van der Waals surface area contributed by atoms with Crippen LogP contribution in [0.15, 0.2) is 18.3 Å². The summed E-state index contributed by atoms with van der Waals surface area (Å²) in [6.07, 6.45) is 4.47. The molecule has 1 fully saturated rings. The molecule has 1 unspecified atom stereocenters. The minimum atomic E-state index is -0.978. The van der Waals surface area contributed by atoms with Crippen LogP contribution in [0.4, 0.5) is 5.82 Å². The summed E-state index contributed by atoms with van der Waals surface area (Å²) in [5.74, 6) is -0.0104. The topological polar surface area (TPSA) is 79.5 Å². The zero-order chi connectivity index (χ0) is 12.3. The highest BCUT2D eigenvalue weighted by Crippen LogP contribution is 2.17. The van der Waals surface area contributed by atoms with E-state index in [0.717, 1.165) is 24.5 Å². The third-order valence-corrected chi connectivity index (χ3v) is 3.01. The van der Waals surface area contributed by atoms with Gasteiger partial charge >= 0.3 is 5.97 Å². The molecule has 0 amide bonds. The van der Waals surface area contributed by atoms with Gasteiger partial charge < -0.3 is 15.7 Å². The van der Waals surface area contributed by atoms with E-state index in [1.165, 1.54) is 12.8 Å². The van der Waals surface area contributed by atoms with Gasteiger partial charge in [0, 0.05) is 19.3 Å². The minimum absolute atomic E-state index is 0.322. The van der Waals surface area contributed by atoms with Crippen molar-refractivity contribution < 1.29 is 9.90 Å². The molecule has 1 aromatic heterocycles. The van der Waals surface area contributed by atoms with Crippen LogP contribution < -0.4 is 10.6 Å². The van der Waals surface area contributed by atoms with Gasteiger partial charge in [0.1, 0.15) is 11.9 Å². The van der Waals surface area contributed by atoms with E-state index in [0.29, 0.717) is 6.42 Å². The second kappa shape index (κ2) is 5.14. The van der Waals surface area contributed by atoms with E-state index >= 15 is 0 Å². The molecule has 0 radical (unpaired) electrons. The average molecular weight is 235 g/mol. The fourth-order valence-corrected chi connectivity index (χ4v) is 2.01. The van der Waals surface area contributed by atoms with Crippen molar-refractivity contribution >= 4 is 11.8 Å². The number of anilines is 1. The third-order valence-electron chi connectivity index (χ3n) is 3.01. The van der Waals surface area contributed by atoms with Crippen LogP contribution in [0.5, 0.6) is 0 Å². The van der Waals surface area contributed by atoms with E-state index in [1.807, 2.05) is 12.1 Å². The first-order chi connectivity index (χ1) is 8.16. The van der Waals surface area contributed by atoms with Gasteiger partial charge in [0.2, 0.25) is 0 Å². The van der Waals surface area contributed by atoms with Crippen molar-refractivity contribution in [2.75, 3.05) is 18.0 Å². The summed E-state index contributed by atoms with van der Waals surface area (Å²) in [6, 6.07) is 2.99. The van der Waals surface area contributed by atoms with Gasteiger partial charge in [-0.1, -0.05) is 6.07 Å². The van der Waals surface area contributed by atoms with Gasteiger partial charge in [-0.05, 0) is 30.9 Å². The van der Waals surface area contributed by atoms with E-state index < -0.39 is 12.0 Å². The summed E-state index contributed by atoms with van der Waals surface area (Å²) in [5.41, 5.74) is 6.33. The summed E-state index contributed by atoms with van der Waals surface area (Å²) >= 11 is 0. The maximum Gasteiger partial charge on any atom is 0.320 e. The maximum absolute atomic E-state index is 10.6. The van der Waals surface area contributed by atoms with Gasteiger partial charge in [0.15, 0.2) is 0 Å². The second-order valence-electron chi connectivity index (χ2n) is 4.37. The van der Waals surface area contributed by atoms with Gasteiger partial charge in [-0.15, -0.1) is 0 Å². The maximum atomic E-state index is 10.6. The number of rotatable bonds is 4. The van der Waals surface area contributed by atoms with Crippen LogP contribution in [0.3, 0.4) is 0 Å². The van der Waals surface area contributed by atoms with Gasteiger partial charge in [-0.3, -0.25) is 4.79 Å². The Bertz CT molecular complexity index is 385. The predicted octanol–water partition coefficient (Wildman–Crippen LogP) is 0.636. The Labute approximate surface area is 100 Å². The molecule has 3 N–H and O–H groups in total. The van der Waals surface area contributed by atoms with Gasteiger partial charge in [0.25, 0.3) is 0 Å². The van der Waals surface area contributed by atoms with E-state index in [2.05, 4.69) is 9.88 Å². The Balaban J connectivity index is 2.00. The molecule has 2 rings (SSSR count). The van der Waals surface area contributed by atoms with Crippen LogP contribution >= 0.6 is 0 Å². The molecule has 1 aliphatic heterocycles. The molecule has 0 saturated carbocycles. The van der Waals surface area contributed by atoms with Gasteiger partial charge in [-0.25, -0.2) is 4.98 Å². The van der Waals surface area contributed by atoms with Crippen molar-refractivity contribution in [2.24, 2.45) is 5.73 Å². The number of hydrogen-bond donors (Lipinski definition) is 2. The number of hydrogen-bond acceptors (Lipinski definition) is 4. The van der Waals surface area contributed by atoms with Gasteiger partial charge in [-0.2, -0.15) is 0 Å². The van der Waals surface area contributed by atoms with Crippen molar-refractivity contribution in [2.45, 2.75) is 25.3 Å². The molecule has 0 bridgehead atoms. The first-order valence-corrected chi connectivity index (χ1v) is 5.85. The average Bonchev–Trinajstić information content (AvgIpc) is 2.83. The van der Waals surface area contributed by atoms with Crippen LogP contribution in [0.1, 0.15) is 18.4 Å². The quantitative estimate of drug-likeness (QED) is 0.800. The molecule has 1 atom stereocenters. The molecule has 92 valence electrons.